The molecular weight excluding hydrogens is 265 g/mol. The Labute approximate surface area is 125 Å². The summed E-state index contributed by atoms with van der Waals surface area (Å²) in [6.45, 7) is 4.39. The van der Waals surface area contributed by atoms with Gasteiger partial charge in [-0.2, -0.15) is 0 Å². The lowest BCUT2D eigenvalue weighted by atomic mass is 9.94. The fourth-order valence-corrected chi connectivity index (χ4v) is 3.06. The summed E-state index contributed by atoms with van der Waals surface area (Å²) in [6.07, 6.45) is 0.959. The van der Waals surface area contributed by atoms with Crippen LogP contribution in [0.15, 0.2) is 30.3 Å². The zero-order valence-corrected chi connectivity index (χ0v) is 12.7. The van der Waals surface area contributed by atoms with Crippen LogP contribution in [0.1, 0.15) is 33.9 Å². The molecule has 0 spiro atoms. The fourth-order valence-electron chi connectivity index (χ4n) is 3.06. The third-order valence-corrected chi connectivity index (χ3v) is 4.13. The second-order valence-electron chi connectivity index (χ2n) is 5.66. The number of halogens is 1. The van der Waals surface area contributed by atoms with Crippen molar-refractivity contribution in [2.24, 2.45) is 0 Å². The van der Waals surface area contributed by atoms with Crippen molar-refractivity contribution in [1.29, 1.82) is 0 Å². The molecule has 0 saturated heterocycles. The maximum absolute atomic E-state index is 13.8. The van der Waals surface area contributed by atoms with Crippen LogP contribution in [0.3, 0.4) is 0 Å². The van der Waals surface area contributed by atoms with Crippen molar-refractivity contribution in [3.05, 3.63) is 64.0 Å². The number of hydrogen-bond donors (Lipinski definition) is 1. The van der Waals surface area contributed by atoms with Crippen LogP contribution in [0.25, 0.3) is 0 Å². The Morgan fingerprint density at radius 2 is 1.81 bits per heavy atom. The van der Waals surface area contributed by atoms with Gasteiger partial charge in [0.1, 0.15) is 11.6 Å². The van der Waals surface area contributed by atoms with Gasteiger partial charge in [-0.25, -0.2) is 4.39 Å². The Bertz CT molecular complexity index is 658. The third-order valence-electron chi connectivity index (χ3n) is 4.13. The second-order valence-corrected chi connectivity index (χ2v) is 5.66. The molecule has 1 unspecified atom stereocenters. The van der Waals surface area contributed by atoms with Gasteiger partial charge in [0.2, 0.25) is 0 Å². The lowest BCUT2D eigenvalue weighted by molar-refractivity contribution is 0.357. The average molecular weight is 285 g/mol. The van der Waals surface area contributed by atoms with E-state index in [1.54, 1.807) is 0 Å². The minimum Gasteiger partial charge on any atom is -0.493 e. The van der Waals surface area contributed by atoms with Gasteiger partial charge in [-0.3, -0.25) is 0 Å². The van der Waals surface area contributed by atoms with Crippen LogP contribution >= 0.6 is 0 Å². The molecule has 1 atom stereocenters. The van der Waals surface area contributed by atoms with Crippen molar-refractivity contribution in [2.75, 3.05) is 13.7 Å². The second kappa shape index (κ2) is 5.49. The molecule has 1 heterocycles. The fraction of sp³-hybridized carbons (Fsp3) is 0.333. The van der Waals surface area contributed by atoms with Gasteiger partial charge >= 0.3 is 0 Å². The molecule has 2 aromatic carbocycles. The summed E-state index contributed by atoms with van der Waals surface area (Å²) >= 11 is 0. The highest BCUT2D eigenvalue weighted by molar-refractivity contribution is 5.44. The number of fused-ring (bicyclic) bond motifs is 1. The molecule has 0 aromatic heterocycles. The molecule has 0 aliphatic carbocycles. The molecule has 0 saturated carbocycles. The average Bonchev–Trinajstić information content (AvgIpc) is 2.93. The zero-order chi connectivity index (χ0) is 15.0. The van der Waals surface area contributed by atoms with Crippen LogP contribution in [0.2, 0.25) is 0 Å². The monoisotopic (exact) mass is 285 g/mol. The molecule has 1 aliphatic rings. The molecule has 2 aromatic rings. The quantitative estimate of drug-likeness (QED) is 0.928. The predicted molar refractivity (Wildman–Crippen MR) is 82.4 cm³/mol. The molecule has 3 rings (SSSR count). The van der Waals surface area contributed by atoms with Crippen molar-refractivity contribution in [3.63, 3.8) is 0 Å². The molecule has 1 aliphatic heterocycles. The van der Waals surface area contributed by atoms with E-state index in [4.69, 9.17) is 4.74 Å². The number of aryl methyl sites for hydroxylation is 2. The minimum atomic E-state index is -0.115. The summed E-state index contributed by atoms with van der Waals surface area (Å²) in [4.78, 5) is 0. The van der Waals surface area contributed by atoms with E-state index in [1.165, 1.54) is 11.1 Å². The maximum atomic E-state index is 13.8. The Morgan fingerprint density at radius 1 is 1.10 bits per heavy atom. The number of benzene rings is 2. The Balaban J connectivity index is 2.02. The van der Waals surface area contributed by atoms with Crippen molar-refractivity contribution in [2.45, 2.75) is 26.3 Å². The minimum absolute atomic E-state index is 0.0638. The lowest BCUT2D eigenvalue weighted by Crippen LogP contribution is -2.18. The predicted octanol–water partition coefficient (Wildman–Crippen LogP) is 3.69. The number of nitrogens with one attached hydrogen (secondary N) is 1. The Hall–Kier alpha value is -1.87. The summed E-state index contributed by atoms with van der Waals surface area (Å²) in [5.41, 5.74) is 4.91. The molecule has 3 heteroatoms. The molecule has 0 amide bonds. The standard InChI is InChI=1S/C18H20FNO/c1-11-8-15(9-12(2)17(11)19)18(20-3)14-4-5-16-13(10-14)6-7-21-16/h4-5,8-10,18,20H,6-7H2,1-3H3. The largest absolute Gasteiger partial charge is 0.493 e. The van der Waals surface area contributed by atoms with Gasteiger partial charge in [-0.1, -0.05) is 24.3 Å². The van der Waals surface area contributed by atoms with E-state index in [2.05, 4.69) is 17.4 Å². The molecule has 21 heavy (non-hydrogen) atoms. The lowest BCUT2D eigenvalue weighted by Gasteiger charge is -2.19. The molecular formula is C18H20FNO. The van der Waals surface area contributed by atoms with Crippen LogP contribution in [0, 0.1) is 19.7 Å². The van der Waals surface area contributed by atoms with E-state index in [0.717, 1.165) is 24.3 Å². The number of rotatable bonds is 3. The van der Waals surface area contributed by atoms with Gasteiger partial charge < -0.3 is 10.1 Å². The first kappa shape index (κ1) is 14.1. The first-order chi connectivity index (χ1) is 10.1. The van der Waals surface area contributed by atoms with Crippen LogP contribution in [-0.2, 0) is 6.42 Å². The summed E-state index contributed by atoms with van der Waals surface area (Å²) in [5.74, 6) is 0.871. The topological polar surface area (TPSA) is 21.3 Å². The van der Waals surface area contributed by atoms with Gasteiger partial charge in [0, 0.05) is 6.42 Å². The number of ether oxygens (including phenoxy) is 1. The van der Waals surface area contributed by atoms with Gasteiger partial charge in [-0.15, -0.1) is 0 Å². The van der Waals surface area contributed by atoms with Crippen LogP contribution in [0.5, 0.6) is 5.75 Å². The molecule has 2 nitrogen and oxygen atoms in total. The van der Waals surface area contributed by atoms with Crippen LogP contribution < -0.4 is 10.1 Å². The number of hydrogen-bond acceptors (Lipinski definition) is 2. The van der Waals surface area contributed by atoms with Crippen molar-refractivity contribution < 1.29 is 9.13 Å². The molecule has 0 bridgehead atoms. The van der Waals surface area contributed by atoms with E-state index in [1.807, 2.05) is 39.1 Å². The van der Waals surface area contributed by atoms with E-state index in [0.29, 0.717) is 11.1 Å². The Morgan fingerprint density at radius 3 is 2.48 bits per heavy atom. The molecule has 0 radical (unpaired) electrons. The van der Waals surface area contributed by atoms with Crippen molar-refractivity contribution >= 4 is 0 Å². The normalized spacial score (nSPS) is 14.7. The summed E-state index contributed by atoms with van der Waals surface area (Å²) in [7, 11) is 1.93. The van der Waals surface area contributed by atoms with Crippen molar-refractivity contribution in [1.82, 2.24) is 5.32 Å². The molecule has 1 N–H and O–H groups in total. The van der Waals surface area contributed by atoms with Gasteiger partial charge in [0.25, 0.3) is 0 Å². The molecule has 110 valence electrons. The van der Waals surface area contributed by atoms with Crippen LogP contribution in [-0.4, -0.2) is 13.7 Å². The van der Waals surface area contributed by atoms with Crippen LogP contribution in [0.4, 0.5) is 4.39 Å². The Kier molecular flexibility index (Phi) is 3.68. The van der Waals surface area contributed by atoms with E-state index in [-0.39, 0.29) is 11.9 Å². The third kappa shape index (κ3) is 2.54. The SMILES string of the molecule is CNC(c1cc(C)c(F)c(C)c1)c1ccc2c(c1)CCO2. The summed E-state index contributed by atoms with van der Waals surface area (Å²) < 4.78 is 19.4. The highest BCUT2D eigenvalue weighted by atomic mass is 19.1. The first-order valence-electron chi connectivity index (χ1n) is 7.29. The van der Waals surface area contributed by atoms with Crippen molar-refractivity contribution in [3.8, 4) is 5.75 Å². The van der Waals surface area contributed by atoms with E-state index in [9.17, 15) is 4.39 Å². The van der Waals surface area contributed by atoms with Gasteiger partial charge in [-0.05, 0) is 54.8 Å². The first-order valence-corrected chi connectivity index (χ1v) is 7.29. The summed E-state index contributed by atoms with van der Waals surface area (Å²) in [6, 6.07) is 10.2. The highest BCUT2D eigenvalue weighted by Crippen LogP contribution is 2.31. The smallest absolute Gasteiger partial charge is 0.129 e. The maximum Gasteiger partial charge on any atom is 0.129 e. The van der Waals surface area contributed by atoms with E-state index >= 15 is 0 Å². The van der Waals surface area contributed by atoms with Gasteiger partial charge in [0.05, 0.1) is 12.6 Å². The van der Waals surface area contributed by atoms with Gasteiger partial charge in [0.15, 0.2) is 0 Å². The summed E-state index contributed by atoms with van der Waals surface area (Å²) in [5, 5.41) is 3.34. The van der Waals surface area contributed by atoms with E-state index < -0.39 is 0 Å². The zero-order valence-electron chi connectivity index (χ0n) is 12.7. The molecule has 0 fully saturated rings. The highest BCUT2D eigenvalue weighted by Gasteiger charge is 2.18.